The maximum absolute atomic E-state index is 11.0. The van der Waals surface area contributed by atoms with Gasteiger partial charge in [0.1, 0.15) is 5.01 Å². The minimum absolute atomic E-state index is 0.196. The van der Waals surface area contributed by atoms with Gasteiger partial charge in [-0.3, -0.25) is 0 Å². The quantitative estimate of drug-likeness (QED) is 0.762. The van der Waals surface area contributed by atoms with Crippen LogP contribution in [0.5, 0.6) is 0 Å². The maximum atomic E-state index is 11.0. The summed E-state index contributed by atoms with van der Waals surface area (Å²) in [6.07, 6.45) is 0. The predicted molar refractivity (Wildman–Crippen MR) is 86.7 cm³/mol. The third-order valence-electron chi connectivity index (χ3n) is 3.02. The fraction of sp³-hybridized carbons (Fsp3) is 0. The van der Waals surface area contributed by atoms with Gasteiger partial charge in [0, 0.05) is 11.3 Å². The Kier molecular flexibility index (Phi) is 3.99. The predicted octanol–water partition coefficient (Wildman–Crippen LogP) is 3.52. The van der Waals surface area contributed by atoms with Crippen LogP contribution in [-0.4, -0.2) is 21.3 Å². The second kappa shape index (κ2) is 6.25. The molecule has 1 heterocycles. The average Bonchev–Trinajstić information content (AvgIpc) is 3.03. The number of anilines is 2. The van der Waals surface area contributed by atoms with Crippen LogP contribution in [0.25, 0.3) is 10.6 Å². The Bertz CT molecular complexity index is 914. The Morgan fingerprint density at radius 2 is 2.00 bits per heavy atom. The monoisotopic (exact) mass is 322 g/mol. The number of hydrogen-bond donors (Lipinski definition) is 2. The molecule has 0 radical (unpaired) electrons. The lowest BCUT2D eigenvalue weighted by Crippen LogP contribution is -1.97. The molecule has 23 heavy (non-hydrogen) atoms. The number of carboxylic acids is 1. The maximum Gasteiger partial charge on any atom is 0.335 e. The summed E-state index contributed by atoms with van der Waals surface area (Å²) in [5, 5.41) is 30.3. The molecule has 0 aliphatic heterocycles. The molecular formula is C16H10N4O2S. The van der Waals surface area contributed by atoms with Crippen LogP contribution in [-0.2, 0) is 0 Å². The van der Waals surface area contributed by atoms with Gasteiger partial charge in [-0.15, -0.1) is 10.2 Å². The van der Waals surface area contributed by atoms with E-state index in [2.05, 4.69) is 21.6 Å². The third kappa shape index (κ3) is 3.33. The minimum atomic E-state index is -0.986. The van der Waals surface area contributed by atoms with E-state index in [0.717, 1.165) is 5.56 Å². The molecular weight excluding hydrogens is 312 g/mol. The largest absolute Gasteiger partial charge is 0.478 e. The molecule has 0 bridgehead atoms. The van der Waals surface area contributed by atoms with Gasteiger partial charge in [-0.1, -0.05) is 29.5 Å². The van der Waals surface area contributed by atoms with E-state index in [9.17, 15) is 4.79 Å². The van der Waals surface area contributed by atoms with Crippen molar-refractivity contribution in [2.45, 2.75) is 0 Å². The molecule has 0 aliphatic carbocycles. The summed E-state index contributed by atoms with van der Waals surface area (Å²) in [4.78, 5) is 11.0. The van der Waals surface area contributed by atoms with Crippen LogP contribution in [0, 0.1) is 11.3 Å². The SMILES string of the molecule is N#Cc1cccc(-c2nnc(Nc3cccc(C(=O)O)c3)s2)c1. The first-order valence-electron chi connectivity index (χ1n) is 6.60. The van der Waals surface area contributed by atoms with E-state index in [-0.39, 0.29) is 5.56 Å². The van der Waals surface area contributed by atoms with E-state index < -0.39 is 5.97 Å². The fourth-order valence-electron chi connectivity index (χ4n) is 1.97. The Balaban J connectivity index is 1.83. The van der Waals surface area contributed by atoms with Gasteiger partial charge in [0.2, 0.25) is 5.13 Å². The Morgan fingerprint density at radius 1 is 1.17 bits per heavy atom. The summed E-state index contributed by atoms with van der Waals surface area (Å²) < 4.78 is 0. The van der Waals surface area contributed by atoms with Crippen molar-refractivity contribution in [2.24, 2.45) is 0 Å². The Labute approximate surface area is 135 Å². The van der Waals surface area contributed by atoms with Crippen LogP contribution in [0.2, 0.25) is 0 Å². The van der Waals surface area contributed by atoms with Gasteiger partial charge < -0.3 is 10.4 Å². The van der Waals surface area contributed by atoms with Gasteiger partial charge in [-0.25, -0.2) is 4.79 Å². The standard InChI is InChI=1S/C16H10N4O2S/c17-9-10-3-1-4-11(7-10)14-19-20-16(23-14)18-13-6-2-5-12(8-13)15(21)22/h1-8H,(H,18,20)(H,21,22). The first kappa shape index (κ1) is 14.7. The number of aromatic carboxylic acids is 1. The van der Waals surface area contributed by atoms with E-state index in [1.807, 2.05) is 6.07 Å². The molecule has 3 aromatic rings. The zero-order valence-corrected chi connectivity index (χ0v) is 12.5. The van der Waals surface area contributed by atoms with E-state index in [0.29, 0.717) is 21.4 Å². The topological polar surface area (TPSA) is 98.9 Å². The van der Waals surface area contributed by atoms with E-state index >= 15 is 0 Å². The van der Waals surface area contributed by atoms with Crippen molar-refractivity contribution < 1.29 is 9.90 Å². The third-order valence-corrected chi connectivity index (χ3v) is 3.91. The van der Waals surface area contributed by atoms with Crippen molar-refractivity contribution in [1.29, 1.82) is 5.26 Å². The molecule has 2 aromatic carbocycles. The number of nitriles is 1. The smallest absolute Gasteiger partial charge is 0.335 e. The molecule has 0 amide bonds. The van der Waals surface area contributed by atoms with Crippen LogP contribution in [0.1, 0.15) is 15.9 Å². The molecule has 0 atom stereocenters. The van der Waals surface area contributed by atoms with Crippen molar-refractivity contribution >= 4 is 28.1 Å². The van der Waals surface area contributed by atoms with E-state index in [1.165, 1.54) is 23.5 Å². The minimum Gasteiger partial charge on any atom is -0.478 e. The van der Waals surface area contributed by atoms with E-state index in [1.54, 1.807) is 30.3 Å². The normalized spacial score (nSPS) is 10.0. The first-order chi connectivity index (χ1) is 11.2. The van der Waals surface area contributed by atoms with Crippen molar-refractivity contribution in [3.63, 3.8) is 0 Å². The molecule has 7 heteroatoms. The van der Waals surface area contributed by atoms with Gasteiger partial charge in [0.15, 0.2) is 0 Å². The zero-order chi connectivity index (χ0) is 16.2. The zero-order valence-electron chi connectivity index (χ0n) is 11.7. The lowest BCUT2D eigenvalue weighted by molar-refractivity contribution is 0.0697. The molecule has 2 N–H and O–H groups in total. The summed E-state index contributed by atoms with van der Waals surface area (Å²) in [6.45, 7) is 0. The summed E-state index contributed by atoms with van der Waals surface area (Å²) in [5.41, 5.74) is 2.19. The number of rotatable bonds is 4. The van der Waals surface area contributed by atoms with Gasteiger partial charge in [0.25, 0.3) is 0 Å². The second-order valence-corrected chi connectivity index (χ2v) is 5.59. The van der Waals surface area contributed by atoms with E-state index in [4.69, 9.17) is 10.4 Å². The number of carbonyl (C=O) groups is 1. The molecule has 0 fully saturated rings. The number of benzene rings is 2. The molecule has 6 nitrogen and oxygen atoms in total. The van der Waals surface area contributed by atoms with Gasteiger partial charge in [-0.05, 0) is 30.3 Å². The van der Waals surface area contributed by atoms with Crippen molar-refractivity contribution in [3.8, 4) is 16.6 Å². The Morgan fingerprint density at radius 3 is 2.78 bits per heavy atom. The molecule has 1 aromatic heterocycles. The van der Waals surface area contributed by atoms with Gasteiger partial charge >= 0.3 is 5.97 Å². The summed E-state index contributed by atoms with van der Waals surface area (Å²) in [7, 11) is 0. The van der Waals surface area contributed by atoms with Crippen LogP contribution < -0.4 is 5.32 Å². The molecule has 0 saturated carbocycles. The molecule has 0 spiro atoms. The Hall–Kier alpha value is -3.24. The first-order valence-corrected chi connectivity index (χ1v) is 7.42. The summed E-state index contributed by atoms with van der Waals surface area (Å²) in [5.74, 6) is -0.986. The van der Waals surface area contributed by atoms with Crippen molar-refractivity contribution in [1.82, 2.24) is 10.2 Å². The number of aromatic nitrogens is 2. The second-order valence-electron chi connectivity index (χ2n) is 4.62. The van der Waals surface area contributed by atoms with Gasteiger partial charge in [-0.2, -0.15) is 5.26 Å². The number of nitrogens with one attached hydrogen (secondary N) is 1. The van der Waals surface area contributed by atoms with Gasteiger partial charge in [0.05, 0.1) is 17.2 Å². The highest BCUT2D eigenvalue weighted by Crippen LogP contribution is 2.28. The number of nitrogens with zero attached hydrogens (tertiary/aromatic N) is 3. The molecule has 0 saturated heterocycles. The highest BCUT2D eigenvalue weighted by atomic mass is 32.1. The van der Waals surface area contributed by atoms with Crippen LogP contribution in [0.3, 0.4) is 0 Å². The molecule has 3 rings (SSSR count). The molecule has 0 unspecified atom stereocenters. The number of hydrogen-bond acceptors (Lipinski definition) is 6. The fourth-order valence-corrected chi connectivity index (χ4v) is 2.73. The van der Waals surface area contributed by atoms with Crippen LogP contribution in [0.4, 0.5) is 10.8 Å². The van der Waals surface area contributed by atoms with Crippen LogP contribution >= 0.6 is 11.3 Å². The number of carboxylic acid groups (broad SMARTS) is 1. The summed E-state index contributed by atoms with van der Waals surface area (Å²) >= 11 is 1.32. The lowest BCUT2D eigenvalue weighted by atomic mass is 10.1. The average molecular weight is 322 g/mol. The molecule has 0 aliphatic rings. The highest BCUT2D eigenvalue weighted by molar-refractivity contribution is 7.18. The van der Waals surface area contributed by atoms with Crippen molar-refractivity contribution in [3.05, 3.63) is 59.7 Å². The highest BCUT2D eigenvalue weighted by Gasteiger charge is 2.09. The molecule has 112 valence electrons. The summed E-state index contributed by atoms with van der Waals surface area (Å²) in [6, 6.07) is 15.7. The lowest BCUT2D eigenvalue weighted by Gasteiger charge is -2.02. The van der Waals surface area contributed by atoms with Crippen LogP contribution in [0.15, 0.2) is 48.5 Å². The van der Waals surface area contributed by atoms with Crippen molar-refractivity contribution in [2.75, 3.05) is 5.32 Å².